The molecule has 2 saturated heterocycles. The lowest BCUT2D eigenvalue weighted by Gasteiger charge is -2.26. The van der Waals surface area contributed by atoms with Crippen LogP contribution in [0.15, 0.2) is 4.99 Å². The highest BCUT2D eigenvalue weighted by Crippen LogP contribution is 2.20. The van der Waals surface area contributed by atoms with Crippen molar-refractivity contribution < 1.29 is 0 Å². The number of nitrogens with one attached hydrogen (secondary N) is 1. The molecule has 20 heavy (non-hydrogen) atoms. The number of hydrogen-bond donors (Lipinski definition) is 1. The first-order chi connectivity index (χ1) is 9.78. The summed E-state index contributed by atoms with van der Waals surface area (Å²) >= 11 is 0. The van der Waals surface area contributed by atoms with Gasteiger partial charge in [-0.3, -0.25) is 9.89 Å². The van der Waals surface area contributed by atoms with Crippen molar-refractivity contribution in [3.8, 4) is 0 Å². The van der Waals surface area contributed by atoms with Gasteiger partial charge in [0.25, 0.3) is 0 Å². The van der Waals surface area contributed by atoms with Gasteiger partial charge in [0.1, 0.15) is 0 Å². The molecule has 0 saturated carbocycles. The first-order valence-electron chi connectivity index (χ1n) is 8.48. The van der Waals surface area contributed by atoms with Crippen LogP contribution in [0.5, 0.6) is 0 Å². The fourth-order valence-electron chi connectivity index (χ4n) is 3.48. The van der Waals surface area contributed by atoms with Crippen molar-refractivity contribution in [2.75, 3.05) is 39.8 Å². The monoisotopic (exact) mass is 280 g/mol. The molecule has 2 fully saturated rings. The zero-order valence-electron chi connectivity index (χ0n) is 13.6. The van der Waals surface area contributed by atoms with E-state index in [-0.39, 0.29) is 0 Å². The van der Waals surface area contributed by atoms with E-state index in [1.807, 2.05) is 7.05 Å². The van der Waals surface area contributed by atoms with Crippen LogP contribution in [-0.2, 0) is 0 Å². The summed E-state index contributed by atoms with van der Waals surface area (Å²) in [6, 6.07) is 0.754. The maximum Gasteiger partial charge on any atom is 0.193 e. The third kappa shape index (κ3) is 3.87. The number of likely N-dealkylation sites (tertiary alicyclic amines) is 2. The lowest BCUT2D eigenvalue weighted by molar-refractivity contribution is 0.249. The predicted octanol–water partition coefficient (Wildman–Crippen LogP) is 2.17. The van der Waals surface area contributed by atoms with Gasteiger partial charge >= 0.3 is 0 Å². The minimum atomic E-state index is 0.754. The molecule has 116 valence electrons. The molecule has 4 nitrogen and oxygen atoms in total. The Kier molecular flexibility index (Phi) is 6.14. The summed E-state index contributed by atoms with van der Waals surface area (Å²) in [7, 11) is 1.92. The maximum absolute atomic E-state index is 4.48. The first kappa shape index (κ1) is 15.6. The van der Waals surface area contributed by atoms with E-state index in [0.29, 0.717) is 0 Å². The number of hydrogen-bond acceptors (Lipinski definition) is 2. The fraction of sp³-hybridized carbons (Fsp3) is 0.938. The molecular weight excluding hydrogens is 248 g/mol. The topological polar surface area (TPSA) is 30.9 Å². The molecule has 0 aromatic rings. The van der Waals surface area contributed by atoms with Gasteiger partial charge in [-0.2, -0.15) is 0 Å². The highest BCUT2D eigenvalue weighted by molar-refractivity contribution is 5.80. The van der Waals surface area contributed by atoms with E-state index in [1.165, 1.54) is 45.2 Å². The van der Waals surface area contributed by atoms with Gasteiger partial charge in [-0.25, -0.2) is 0 Å². The normalized spacial score (nSPS) is 24.9. The van der Waals surface area contributed by atoms with E-state index in [0.717, 1.165) is 37.6 Å². The third-order valence-electron chi connectivity index (χ3n) is 5.04. The highest BCUT2D eigenvalue weighted by Gasteiger charge is 2.30. The lowest BCUT2D eigenvalue weighted by Crippen LogP contribution is -2.44. The summed E-state index contributed by atoms with van der Waals surface area (Å²) in [5.74, 6) is 1.88. The van der Waals surface area contributed by atoms with Gasteiger partial charge < -0.3 is 10.2 Å². The largest absolute Gasteiger partial charge is 0.356 e. The van der Waals surface area contributed by atoms with Gasteiger partial charge in [-0.15, -0.1) is 0 Å². The average molecular weight is 280 g/mol. The standard InChI is InChI=1S/C16H32N4/c1-4-14(5-2)12-18-16(17-3)20-11-8-15(13-20)19-9-6-7-10-19/h14-15H,4-13H2,1-3H3,(H,17,18). The van der Waals surface area contributed by atoms with Crippen molar-refractivity contribution in [3.05, 3.63) is 0 Å². The summed E-state index contributed by atoms with van der Waals surface area (Å²) < 4.78 is 0. The van der Waals surface area contributed by atoms with E-state index >= 15 is 0 Å². The Morgan fingerprint density at radius 3 is 2.50 bits per heavy atom. The van der Waals surface area contributed by atoms with Crippen LogP contribution in [0.3, 0.4) is 0 Å². The summed E-state index contributed by atoms with van der Waals surface area (Å²) in [4.78, 5) is 9.61. The molecule has 0 spiro atoms. The van der Waals surface area contributed by atoms with Crippen molar-refractivity contribution in [2.24, 2.45) is 10.9 Å². The minimum absolute atomic E-state index is 0.754. The van der Waals surface area contributed by atoms with Crippen LogP contribution >= 0.6 is 0 Å². The van der Waals surface area contributed by atoms with E-state index in [4.69, 9.17) is 0 Å². The van der Waals surface area contributed by atoms with Crippen molar-refractivity contribution in [1.29, 1.82) is 0 Å². The van der Waals surface area contributed by atoms with Crippen molar-refractivity contribution in [1.82, 2.24) is 15.1 Å². The molecule has 0 bridgehead atoms. The Hall–Kier alpha value is -0.770. The van der Waals surface area contributed by atoms with Crippen LogP contribution in [0.1, 0.15) is 46.0 Å². The van der Waals surface area contributed by atoms with Crippen molar-refractivity contribution >= 4 is 5.96 Å². The van der Waals surface area contributed by atoms with Gasteiger partial charge in [-0.1, -0.05) is 26.7 Å². The molecular formula is C16H32N4. The smallest absolute Gasteiger partial charge is 0.193 e. The predicted molar refractivity (Wildman–Crippen MR) is 86.2 cm³/mol. The summed E-state index contributed by atoms with van der Waals surface area (Å²) in [6.45, 7) is 10.5. The number of nitrogens with zero attached hydrogens (tertiary/aromatic N) is 3. The third-order valence-corrected chi connectivity index (χ3v) is 5.04. The van der Waals surface area contributed by atoms with Gasteiger partial charge in [-0.05, 0) is 38.3 Å². The second-order valence-electron chi connectivity index (χ2n) is 6.24. The van der Waals surface area contributed by atoms with E-state index in [9.17, 15) is 0 Å². The molecule has 1 atom stereocenters. The molecule has 2 heterocycles. The molecule has 0 amide bonds. The van der Waals surface area contributed by atoms with Crippen LogP contribution in [0.4, 0.5) is 0 Å². The Balaban J connectivity index is 1.80. The van der Waals surface area contributed by atoms with E-state index in [1.54, 1.807) is 0 Å². The van der Waals surface area contributed by atoms with E-state index in [2.05, 4.69) is 34.0 Å². The van der Waals surface area contributed by atoms with Gasteiger partial charge in [0.15, 0.2) is 5.96 Å². The molecule has 4 heteroatoms. The maximum atomic E-state index is 4.48. The summed E-state index contributed by atoms with van der Waals surface area (Å²) in [6.07, 6.45) is 6.57. The second kappa shape index (κ2) is 7.87. The van der Waals surface area contributed by atoms with Crippen LogP contribution in [0, 0.1) is 5.92 Å². The van der Waals surface area contributed by atoms with Crippen LogP contribution in [0.25, 0.3) is 0 Å². The Labute approximate surface area is 124 Å². The molecule has 1 N–H and O–H groups in total. The Morgan fingerprint density at radius 1 is 1.20 bits per heavy atom. The summed E-state index contributed by atoms with van der Waals surface area (Å²) in [5, 5.41) is 3.58. The molecule has 0 aliphatic carbocycles. The quantitative estimate of drug-likeness (QED) is 0.618. The Morgan fingerprint density at radius 2 is 1.90 bits per heavy atom. The van der Waals surface area contributed by atoms with Gasteiger partial charge in [0.2, 0.25) is 0 Å². The van der Waals surface area contributed by atoms with Crippen LogP contribution in [0.2, 0.25) is 0 Å². The van der Waals surface area contributed by atoms with Crippen molar-refractivity contribution in [2.45, 2.75) is 52.0 Å². The van der Waals surface area contributed by atoms with Gasteiger partial charge in [0.05, 0.1) is 0 Å². The number of guanidine groups is 1. The molecule has 1 unspecified atom stereocenters. The van der Waals surface area contributed by atoms with E-state index < -0.39 is 0 Å². The van der Waals surface area contributed by atoms with Crippen molar-refractivity contribution in [3.63, 3.8) is 0 Å². The zero-order valence-corrected chi connectivity index (χ0v) is 13.6. The first-order valence-corrected chi connectivity index (χ1v) is 8.48. The van der Waals surface area contributed by atoms with Crippen LogP contribution in [-0.4, -0.2) is 61.6 Å². The SMILES string of the molecule is CCC(CC)CNC(=NC)N1CCC(N2CCCC2)C1. The van der Waals surface area contributed by atoms with Crippen LogP contribution < -0.4 is 5.32 Å². The zero-order chi connectivity index (χ0) is 14.4. The molecule has 2 aliphatic heterocycles. The van der Waals surface area contributed by atoms with Gasteiger partial charge in [0, 0.05) is 32.7 Å². The molecule has 2 rings (SSSR count). The molecule has 0 aromatic heterocycles. The molecule has 0 aromatic carbocycles. The lowest BCUT2D eigenvalue weighted by atomic mass is 10.0. The molecule has 0 radical (unpaired) electrons. The Bertz CT molecular complexity index is 306. The highest BCUT2D eigenvalue weighted by atomic mass is 15.3. The summed E-state index contributed by atoms with van der Waals surface area (Å²) in [5.41, 5.74) is 0. The number of rotatable bonds is 5. The number of aliphatic imine (C=N–C) groups is 1. The molecule has 2 aliphatic rings. The fourth-order valence-corrected chi connectivity index (χ4v) is 3.48. The second-order valence-corrected chi connectivity index (χ2v) is 6.24. The average Bonchev–Trinajstić information content (AvgIpc) is 3.14. The minimum Gasteiger partial charge on any atom is -0.356 e.